The van der Waals surface area contributed by atoms with E-state index in [1.165, 1.54) is 19.6 Å². The lowest BCUT2D eigenvalue weighted by Crippen LogP contribution is -2.50. The molecule has 1 N–H and O–H groups in total. The van der Waals surface area contributed by atoms with Gasteiger partial charge >= 0.3 is 31.9 Å². The largest absolute Gasteiger partial charge is 0.471 e. The van der Waals surface area contributed by atoms with Crippen molar-refractivity contribution in [2.45, 2.75) is 32.2 Å². The lowest BCUT2D eigenvalue weighted by molar-refractivity contribution is -0.241. The van der Waals surface area contributed by atoms with Crippen LogP contribution in [0.5, 0.6) is 0 Å². The molecule has 6 nitrogen and oxygen atoms in total. The molecule has 136 valence electrons. The van der Waals surface area contributed by atoms with Gasteiger partial charge in [-0.1, -0.05) is 28.8 Å². The van der Waals surface area contributed by atoms with Gasteiger partial charge in [-0.05, 0) is 19.6 Å². The van der Waals surface area contributed by atoms with E-state index in [0.29, 0.717) is 0 Å². The summed E-state index contributed by atoms with van der Waals surface area (Å²) < 4.78 is 109. The first-order valence-electron chi connectivity index (χ1n) is 5.70. The molecule has 0 aliphatic rings. The van der Waals surface area contributed by atoms with E-state index in [2.05, 4.69) is 25.7 Å². The third kappa shape index (κ3) is 7.60. The van der Waals surface area contributed by atoms with E-state index >= 15 is 0 Å². The Kier molecular flexibility index (Phi) is 8.94. The fourth-order valence-electron chi connectivity index (χ4n) is 1.01. The Hall–Kier alpha value is -0.600. The van der Waals surface area contributed by atoms with Crippen LogP contribution in [0.1, 0.15) is 20.8 Å². The van der Waals surface area contributed by atoms with Gasteiger partial charge in [-0.3, -0.25) is 0 Å². The lowest BCUT2D eigenvalue weighted by atomic mass is 10.5. The molecule has 0 aromatic heterocycles. The molecular weight excluding hydrogens is 366 g/mol. The first kappa shape index (κ1) is 23.7. The molecule has 0 spiro atoms. The highest BCUT2D eigenvalue weighted by Gasteiger charge is 2.68. The zero-order valence-electron chi connectivity index (χ0n) is 11.8. The van der Waals surface area contributed by atoms with Gasteiger partial charge in [0.2, 0.25) is 0 Å². The van der Waals surface area contributed by atoms with Gasteiger partial charge in [0.25, 0.3) is 0 Å². The summed E-state index contributed by atoms with van der Waals surface area (Å²) in [4.78, 5) is 2.38. The minimum atomic E-state index is -6.75. The highest BCUT2D eigenvalue weighted by Crippen LogP contribution is 2.39. The van der Waals surface area contributed by atoms with E-state index in [0.717, 1.165) is 0 Å². The molecule has 14 heteroatoms. The van der Waals surface area contributed by atoms with Crippen LogP contribution in [0, 0.1) is 0 Å². The Labute approximate surface area is 124 Å². The van der Waals surface area contributed by atoms with Crippen molar-refractivity contribution in [3.63, 3.8) is 0 Å². The second-order valence-corrected chi connectivity index (χ2v) is 6.72. The molecule has 0 fully saturated rings. The fourth-order valence-corrected chi connectivity index (χ4v) is 2.78. The second kappa shape index (κ2) is 8.31. The highest BCUT2D eigenvalue weighted by molar-refractivity contribution is 8.03. The molecule has 0 atom stereocenters. The third-order valence-corrected chi connectivity index (χ3v) is 4.80. The Balaban J connectivity index is 0. The van der Waals surface area contributed by atoms with Crippen molar-refractivity contribution in [2.75, 3.05) is 19.6 Å². The topological polar surface area (TPSA) is 83.6 Å². The number of halogens is 6. The van der Waals surface area contributed by atoms with Crippen LogP contribution < -0.4 is 4.13 Å². The number of alkyl halides is 5. The van der Waals surface area contributed by atoms with Crippen molar-refractivity contribution < 1.29 is 42.7 Å². The molecule has 0 radical (unpaired) electrons. The van der Waals surface area contributed by atoms with Gasteiger partial charge in [-0.25, -0.2) is 8.42 Å². The number of hydrogen-bond acceptors (Lipinski definition) is 5. The monoisotopic (exact) mass is 382 g/mol. The van der Waals surface area contributed by atoms with Crippen LogP contribution in [0.25, 0.3) is 0 Å². The van der Waals surface area contributed by atoms with Crippen LogP contribution in [-0.4, -0.2) is 52.8 Å². The number of hydrogen-bond donors (Lipinski definition) is 1. The Morgan fingerprint density at radius 2 is 1.18 bits per heavy atom. The molecular formula is C8H16F6N2O4S2. The smallest absolute Gasteiger partial charge is 0.304 e. The molecule has 0 saturated heterocycles. The summed E-state index contributed by atoms with van der Waals surface area (Å²) >= 11 is 0. The van der Waals surface area contributed by atoms with E-state index in [1.807, 2.05) is 0 Å². The molecule has 0 aromatic rings. The molecule has 0 rings (SSSR count). The average molecular weight is 382 g/mol. The zero-order valence-corrected chi connectivity index (χ0v) is 13.4. The quantitative estimate of drug-likeness (QED) is 0.558. The van der Waals surface area contributed by atoms with Crippen molar-refractivity contribution in [3.05, 3.63) is 0 Å². The summed E-state index contributed by atoms with van der Waals surface area (Å²) in [5, 5.41) is -6.42. The lowest BCUT2D eigenvalue weighted by Gasteiger charge is -2.18. The van der Waals surface area contributed by atoms with Crippen molar-refractivity contribution in [2.24, 2.45) is 0 Å². The van der Waals surface area contributed by atoms with Gasteiger partial charge in [-0.15, -0.1) is 0 Å². The Bertz CT molecular complexity index is 522. The normalized spacial score (nSPS) is 13.7. The molecule has 0 aliphatic heterocycles. The predicted molar refractivity (Wildman–Crippen MR) is 66.5 cm³/mol. The highest BCUT2D eigenvalue weighted by atomic mass is 32.3. The summed E-state index contributed by atoms with van der Waals surface area (Å²) in [6, 6.07) is 0. The maximum absolute atomic E-state index is 12.0. The SMILES string of the molecule is CCN(CC)CC.O=S(=O)(F)NS(=O)(=O)C(F)(F)C(F)(F)F. The summed E-state index contributed by atoms with van der Waals surface area (Å²) in [6.07, 6.45) is -6.57. The average Bonchev–Trinajstić information content (AvgIpc) is 2.27. The second-order valence-electron chi connectivity index (χ2n) is 3.66. The van der Waals surface area contributed by atoms with Gasteiger partial charge in [-0.2, -0.15) is 30.4 Å². The third-order valence-electron chi connectivity index (χ3n) is 2.22. The minimum Gasteiger partial charge on any atom is -0.304 e. The standard InChI is InChI=1S/C6H15N.C2HF6NO4S2/c1-4-7(5-2)6-3;3-1(4,5)2(6,7)14(10,11)9-15(8,12)13/h4-6H2,1-3H3;9H. The summed E-state index contributed by atoms with van der Waals surface area (Å²) in [7, 11) is -13.0. The number of nitrogens with zero attached hydrogens (tertiary/aromatic N) is 1. The van der Waals surface area contributed by atoms with E-state index in [9.17, 15) is 42.7 Å². The van der Waals surface area contributed by atoms with E-state index < -0.39 is 36.0 Å². The number of nitrogens with one attached hydrogen (secondary N) is 1. The molecule has 22 heavy (non-hydrogen) atoms. The van der Waals surface area contributed by atoms with E-state index in [4.69, 9.17) is 0 Å². The van der Waals surface area contributed by atoms with Gasteiger partial charge in [0.1, 0.15) is 0 Å². The maximum Gasteiger partial charge on any atom is 0.471 e. The molecule has 0 aromatic carbocycles. The molecule has 0 bridgehead atoms. The number of rotatable bonds is 6. The van der Waals surface area contributed by atoms with Crippen molar-refractivity contribution in [1.82, 2.24) is 9.03 Å². The Morgan fingerprint density at radius 1 is 0.864 bits per heavy atom. The van der Waals surface area contributed by atoms with Crippen LogP contribution in [0.3, 0.4) is 0 Å². The maximum atomic E-state index is 12.0. The summed E-state index contributed by atoms with van der Waals surface area (Å²) in [5.74, 6) is 0. The summed E-state index contributed by atoms with van der Waals surface area (Å²) in [6.45, 7) is 10.1. The van der Waals surface area contributed by atoms with Crippen molar-refractivity contribution >= 4 is 20.4 Å². The van der Waals surface area contributed by atoms with Gasteiger partial charge in [0, 0.05) is 0 Å². The van der Waals surface area contributed by atoms with Gasteiger partial charge < -0.3 is 4.90 Å². The van der Waals surface area contributed by atoms with Crippen molar-refractivity contribution in [3.8, 4) is 0 Å². The first-order chi connectivity index (χ1) is 9.55. The van der Waals surface area contributed by atoms with Gasteiger partial charge in [0.15, 0.2) is 0 Å². The van der Waals surface area contributed by atoms with Crippen LogP contribution >= 0.6 is 0 Å². The van der Waals surface area contributed by atoms with Gasteiger partial charge in [0.05, 0.1) is 0 Å². The van der Waals surface area contributed by atoms with Crippen LogP contribution in [0.4, 0.5) is 25.8 Å². The van der Waals surface area contributed by atoms with Crippen molar-refractivity contribution in [1.29, 1.82) is 0 Å². The van der Waals surface area contributed by atoms with E-state index in [-0.39, 0.29) is 0 Å². The molecule has 0 saturated carbocycles. The number of sulfonamides is 1. The van der Waals surface area contributed by atoms with Crippen LogP contribution in [0.2, 0.25) is 0 Å². The predicted octanol–water partition coefficient (Wildman–Crippen LogP) is 1.62. The van der Waals surface area contributed by atoms with E-state index in [1.54, 1.807) is 0 Å². The Morgan fingerprint density at radius 3 is 1.32 bits per heavy atom. The summed E-state index contributed by atoms with van der Waals surface area (Å²) in [5.41, 5.74) is 0. The minimum absolute atomic E-state index is 0.450. The molecule has 0 unspecified atom stereocenters. The molecule has 0 heterocycles. The fraction of sp³-hybridized carbons (Fsp3) is 1.00. The van der Waals surface area contributed by atoms with Crippen LogP contribution in [-0.2, 0) is 20.4 Å². The molecule has 0 amide bonds. The van der Waals surface area contributed by atoms with Crippen LogP contribution in [0.15, 0.2) is 0 Å². The first-order valence-corrected chi connectivity index (χ1v) is 8.56. The molecule has 0 aliphatic carbocycles. The zero-order chi connectivity index (χ0) is 18.4.